The van der Waals surface area contributed by atoms with E-state index in [4.69, 9.17) is 5.73 Å². The molecule has 1 rings (SSSR count). The van der Waals surface area contributed by atoms with E-state index in [1.54, 1.807) is 0 Å². The van der Waals surface area contributed by atoms with Crippen LogP contribution >= 0.6 is 0 Å². The van der Waals surface area contributed by atoms with Gasteiger partial charge in [0.05, 0.1) is 6.04 Å². The summed E-state index contributed by atoms with van der Waals surface area (Å²) in [6.07, 6.45) is 1.96. The van der Waals surface area contributed by atoms with E-state index in [1.807, 2.05) is 11.8 Å². The molecular weight excluding hydrogens is 176 g/mol. The standard InChI is InChI=1S/C11H22N2O/c1-4-10(12)11(14)13-6-8(2)5-9(3)7-13/h8-10H,4-7,12H2,1-3H3. The Morgan fingerprint density at radius 2 is 1.93 bits per heavy atom. The van der Waals surface area contributed by atoms with Crippen LogP contribution in [-0.4, -0.2) is 29.9 Å². The van der Waals surface area contributed by atoms with E-state index in [9.17, 15) is 4.79 Å². The molecule has 1 fully saturated rings. The summed E-state index contributed by atoms with van der Waals surface area (Å²) < 4.78 is 0. The predicted octanol–water partition coefficient (Wildman–Crippen LogP) is 1.23. The fraction of sp³-hybridized carbons (Fsp3) is 0.909. The van der Waals surface area contributed by atoms with Crippen LogP contribution < -0.4 is 5.73 Å². The molecule has 82 valence electrons. The molecular formula is C11H22N2O. The van der Waals surface area contributed by atoms with Crippen molar-refractivity contribution in [3.8, 4) is 0 Å². The highest BCUT2D eigenvalue weighted by atomic mass is 16.2. The lowest BCUT2D eigenvalue weighted by Gasteiger charge is -2.36. The zero-order chi connectivity index (χ0) is 10.7. The van der Waals surface area contributed by atoms with Crippen molar-refractivity contribution in [3.05, 3.63) is 0 Å². The highest BCUT2D eigenvalue weighted by molar-refractivity contribution is 5.81. The van der Waals surface area contributed by atoms with E-state index >= 15 is 0 Å². The molecule has 0 aromatic carbocycles. The van der Waals surface area contributed by atoms with Crippen molar-refractivity contribution in [2.24, 2.45) is 17.6 Å². The molecule has 1 heterocycles. The average molecular weight is 198 g/mol. The quantitative estimate of drug-likeness (QED) is 0.725. The molecule has 1 amide bonds. The Morgan fingerprint density at radius 1 is 1.43 bits per heavy atom. The van der Waals surface area contributed by atoms with Crippen molar-refractivity contribution >= 4 is 5.91 Å². The first-order valence-electron chi connectivity index (χ1n) is 5.59. The molecule has 3 nitrogen and oxygen atoms in total. The van der Waals surface area contributed by atoms with Gasteiger partial charge in [0.1, 0.15) is 0 Å². The number of hydrogen-bond acceptors (Lipinski definition) is 2. The van der Waals surface area contributed by atoms with E-state index in [2.05, 4.69) is 13.8 Å². The first kappa shape index (κ1) is 11.5. The first-order chi connectivity index (χ1) is 6.54. The Bertz CT molecular complexity index is 195. The van der Waals surface area contributed by atoms with Gasteiger partial charge in [-0.1, -0.05) is 20.8 Å². The Morgan fingerprint density at radius 3 is 2.36 bits per heavy atom. The highest BCUT2D eigenvalue weighted by Crippen LogP contribution is 2.21. The maximum absolute atomic E-state index is 11.8. The molecule has 1 aliphatic heterocycles. The fourth-order valence-electron chi connectivity index (χ4n) is 2.25. The number of nitrogens with two attached hydrogens (primary N) is 1. The minimum atomic E-state index is -0.299. The number of piperidine rings is 1. The fourth-order valence-corrected chi connectivity index (χ4v) is 2.25. The number of likely N-dealkylation sites (tertiary alicyclic amines) is 1. The Balaban J connectivity index is 2.54. The van der Waals surface area contributed by atoms with Crippen LogP contribution in [-0.2, 0) is 4.79 Å². The van der Waals surface area contributed by atoms with Gasteiger partial charge in [0, 0.05) is 13.1 Å². The van der Waals surface area contributed by atoms with E-state index in [1.165, 1.54) is 6.42 Å². The molecule has 2 N–H and O–H groups in total. The van der Waals surface area contributed by atoms with E-state index in [0.29, 0.717) is 11.8 Å². The van der Waals surface area contributed by atoms with Gasteiger partial charge in [0.25, 0.3) is 0 Å². The SMILES string of the molecule is CCC(N)C(=O)N1CC(C)CC(C)C1. The Labute approximate surface area is 86.6 Å². The molecule has 0 saturated carbocycles. The van der Waals surface area contributed by atoms with Gasteiger partial charge in [-0.25, -0.2) is 0 Å². The molecule has 14 heavy (non-hydrogen) atoms. The Hall–Kier alpha value is -0.570. The maximum Gasteiger partial charge on any atom is 0.239 e. The number of rotatable bonds is 2. The topological polar surface area (TPSA) is 46.3 Å². The lowest BCUT2D eigenvalue weighted by atomic mass is 9.91. The van der Waals surface area contributed by atoms with Gasteiger partial charge in [-0.15, -0.1) is 0 Å². The van der Waals surface area contributed by atoms with Crippen LogP contribution in [0, 0.1) is 11.8 Å². The van der Waals surface area contributed by atoms with Gasteiger partial charge in [-0.3, -0.25) is 4.79 Å². The summed E-state index contributed by atoms with van der Waals surface area (Å²) in [6.45, 7) is 8.13. The second-order valence-corrected chi connectivity index (χ2v) is 4.70. The molecule has 0 aliphatic carbocycles. The summed E-state index contributed by atoms with van der Waals surface area (Å²) in [4.78, 5) is 13.8. The van der Waals surface area contributed by atoms with Crippen LogP contribution in [0.5, 0.6) is 0 Å². The molecule has 1 saturated heterocycles. The normalized spacial score (nSPS) is 30.1. The molecule has 3 atom stereocenters. The average Bonchev–Trinajstić information content (AvgIpc) is 2.14. The molecule has 0 aromatic heterocycles. The summed E-state index contributed by atoms with van der Waals surface area (Å²) in [5, 5.41) is 0. The second kappa shape index (κ2) is 4.78. The van der Waals surface area contributed by atoms with Crippen molar-refractivity contribution in [2.45, 2.75) is 39.7 Å². The number of amides is 1. The van der Waals surface area contributed by atoms with Crippen molar-refractivity contribution in [3.63, 3.8) is 0 Å². The lowest BCUT2D eigenvalue weighted by molar-refractivity contribution is -0.135. The predicted molar refractivity (Wildman–Crippen MR) is 57.8 cm³/mol. The Kier molecular flexibility index (Phi) is 3.93. The summed E-state index contributed by atoms with van der Waals surface area (Å²) in [7, 11) is 0. The van der Waals surface area contributed by atoms with Gasteiger partial charge in [-0.2, -0.15) is 0 Å². The van der Waals surface area contributed by atoms with Gasteiger partial charge < -0.3 is 10.6 Å². The lowest BCUT2D eigenvalue weighted by Crippen LogP contribution is -2.49. The zero-order valence-corrected chi connectivity index (χ0v) is 9.49. The number of hydrogen-bond donors (Lipinski definition) is 1. The van der Waals surface area contributed by atoms with Crippen LogP contribution in [0.1, 0.15) is 33.6 Å². The summed E-state index contributed by atoms with van der Waals surface area (Å²) >= 11 is 0. The van der Waals surface area contributed by atoms with Gasteiger partial charge >= 0.3 is 0 Å². The van der Waals surface area contributed by atoms with E-state index < -0.39 is 0 Å². The van der Waals surface area contributed by atoms with Crippen molar-refractivity contribution in [1.82, 2.24) is 4.90 Å². The summed E-state index contributed by atoms with van der Waals surface area (Å²) in [5.41, 5.74) is 5.75. The second-order valence-electron chi connectivity index (χ2n) is 4.70. The zero-order valence-electron chi connectivity index (χ0n) is 9.49. The smallest absolute Gasteiger partial charge is 0.239 e. The minimum absolute atomic E-state index is 0.130. The first-order valence-corrected chi connectivity index (χ1v) is 5.59. The van der Waals surface area contributed by atoms with Crippen molar-refractivity contribution in [2.75, 3.05) is 13.1 Å². The third kappa shape index (κ3) is 2.71. The minimum Gasteiger partial charge on any atom is -0.341 e. The van der Waals surface area contributed by atoms with Crippen LogP contribution in [0.15, 0.2) is 0 Å². The van der Waals surface area contributed by atoms with Gasteiger partial charge in [0.2, 0.25) is 5.91 Å². The third-order valence-electron chi connectivity index (χ3n) is 2.94. The highest BCUT2D eigenvalue weighted by Gasteiger charge is 2.27. The van der Waals surface area contributed by atoms with Crippen LogP contribution in [0.2, 0.25) is 0 Å². The number of nitrogens with zero attached hydrogens (tertiary/aromatic N) is 1. The van der Waals surface area contributed by atoms with Crippen LogP contribution in [0.3, 0.4) is 0 Å². The molecule has 3 unspecified atom stereocenters. The van der Waals surface area contributed by atoms with Gasteiger partial charge in [-0.05, 0) is 24.7 Å². The van der Waals surface area contributed by atoms with Crippen molar-refractivity contribution in [1.29, 1.82) is 0 Å². The summed E-state index contributed by atoms with van der Waals surface area (Å²) in [6, 6.07) is -0.299. The molecule has 3 heteroatoms. The maximum atomic E-state index is 11.8. The molecule has 0 radical (unpaired) electrons. The molecule has 0 aromatic rings. The van der Waals surface area contributed by atoms with E-state index in [-0.39, 0.29) is 11.9 Å². The van der Waals surface area contributed by atoms with E-state index in [0.717, 1.165) is 19.5 Å². The van der Waals surface area contributed by atoms with Crippen LogP contribution in [0.25, 0.3) is 0 Å². The number of carbonyl (C=O) groups excluding carboxylic acids is 1. The number of carbonyl (C=O) groups is 1. The van der Waals surface area contributed by atoms with Gasteiger partial charge in [0.15, 0.2) is 0 Å². The summed E-state index contributed by atoms with van der Waals surface area (Å²) in [5.74, 6) is 1.37. The monoisotopic (exact) mass is 198 g/mol. The third-order valence-corrected chi connectivity index (χ3v) is 2.94. The molecule has 0 bridgehead atoms. The van der Waals surface area contributed by atoms with Crippen molar-refractivity contribution < 1.29 is 4.79 Å². The molecule has 0 spiro atoms. The van der Waals surface area contributed by atoms with Crippen LogP contribution in [0.4, 0.5) is 0 Å². The largest absolute Gasteiger partial charge is 0.341 e. The molecule has 1 aliphatic rings.